The number of rotatable bonds is 5. The highest BCUT2D eigenvalue weighted by Gasteiger charge is 2.13. The molecule has 102 valence electrons. The zero-order valence-electron chi connectivity index (χ0n) is 11.1. The molecule has 19 heavy (non-hydrogen) atoms. The first-order valence-corrected chi connectivity index (χ1v) is 7.95. The van der Waals surface area contributed by atoms with Crippen molar-refractivity contribution < 1.29 is 0 Å². The number of hydrogen-bond donors (Lipinski definition) is 1. The van der Waals surface area contributed by atoms with E-state index in [-0.39, 0.29) is 0 Å². The van der Waals surface area contributed by atoms with Gasteiger partial charge in [0, 0.05) is 37.4 Å². The SMILES string of the molecule is c1csc(CNCCc2nnc3n2CCCCC3)c1. The molecule has 0 aromatic carbocycles. The van der Waals surface area contributed by atoms with Crippen molar-refractivity contribution >= 4 is 11.3 Å². The van der Waals surface area contributed by atoms with Crippen LogP contribution in [0, 0.1) is 0 Å². The zero-order valence-corrected chi connectivity index (χ0v) is 12.0. The van der Waals surface area contributed by atoms with Gasteiger partial charge in [0.05, 0.1) is 0 Å². The Morgan fingerprint density at radius 1 is 1.26 bits per heavy atom. The van der Waals surface area contributed by atoms with Crippen molar-refractivity contribution in [1.29, 1.82) is 0 Å². The minimum absolute atomic E-state index is 0.957. The average molecular weight is 276 g/mol. The van der Waals surface area contributed by atoms with Crippen molar-refractivity contribution in [3.63, 3.8) is 0 Å². The molecule has 3 heterocycles. The van der Waals surface area contributed by atoms with Crippen molar-refractivity contribution in [1.82, 2.24) is 20.1 Å². The van der Waals surface area contributed by atoms with Crippen molar-refractivity contribution in [3.8, 4) is 0 Å². The Morgan fingerprint density at radius 3 is 3.16 bits per heavy atom. The van der Waals surface area contributed by atoms with Gasteiger partial charge >= 0.3 is 0 Å². The van der Waals surface area contributed by atoms with Crippen LogP contribution in [-0.4, -0.2) is 21.3 Å². The lowest BCUT2D eigenvalue weighted by Gasteiger charge is -2.07. The smallest absolute Gasteiger partial charge is 0.134 e. The van der Waals surface area contributed by atoms with Crippen LogP contribution in [0.1, 0.15) is 35.8 Å². The van der Waals surface area contributed by atoms with E-state index in [2.05, 4.69) is 37.6 Å². The summed E-state index contributed by atoms with van der Waals surface area (Å²) in [6.45, 7) is 3.03. The maximum absolute atomic E-state index is 4.35. The number of aromatic nitrogens is 3. The van der Waals surface area contributed by atoms with Crippen LogP contribution >= 0.6 is 11.3 Å². The van der Waals surface area contributed by atoms with Gasteiger partial charge in [0.1, 0.15) is 11.6 Å². The number of aryl methyl sites for hydroxylation is 1. The number of thiophene rings is 1. The van der Waals surface area contributed by atoms with Crippen LogP contribution in [-0.2, 0) is 25.9 Å². The molecule has 0 saturated heterocycles. The van der Waals surface area contributed by atoms with E-state index in [0.29, 0.717) is 0 Å². The van der Waals surface area contributed by atoms with Gasteiger partial charge in [-0.2, -0.15) is 0 Å². The molecule has 3 rings (SSSR count). The third kappa shape index (κ3) is 3.22. The molecule has 0 spiro atoms. The van der Waals surface area contributed by atoms with E-state index in [1.165, 1.54) is 30.0 Å². The summed E-state index contributed by atoms with van der Waals surface area (Å²) >= 11 is 1.80. The number of hydrogen-bond acceptors (Lipinski definition) is 4. The molecule has 0 radical (unpaired) electrons. The first-order valence-electron chi connectivity index (χ1n) is 7.07. The van der Waals surface area contributed by atoms with Crippen molar-refractivity contribution in [2.75, 3.05) is 6.54 Å². The van der Waals surface area contributed by atoms with E-state index in [1.807, 2.05) is 0 Å². The van der Waals surface area contributed by atoms with E-state index in [4.69, 9.17) is 0 Å². The normalized spacial score (nSPS) is 15.2. The van der Waals surface area contributed by atoms with Gasteiger partial charge in [-0.25, -0.2) is 0 Å². The summed E-state index contributed by atoms with van der Waals surface area (Å²) in [6, 6.07) is 4.26. The van der Waals surface area contributed by atoms with E-state index in [9.17, 15) is 0 Å². The highest BCUT2D eigenvalue weighted by molar-refractivity contribution is 7.09. The molecule has 0 fully saturated rings. The Kier molecular flexibility index (Phi) is 4.25. The molecule has 4 nitrogen and oxygen atoms in total. The lowest BCUT2D eigenvalue weighted by Crippen LogP contribution is -2.18. The number of nitrogens with one attached hydrogen (secondary N) is 1. The monoisotopic (exact) mass is 276 g/mol. The minimum Gasteiger partial charge on any atom is -0.315 e. The first-order chi connectivity index (χ1) is 9.43. The van der Waals surface area contributed by atoms with Crippen LogP contribution in [0.4, 0.5) is 0 Å². The maximum atomic E-state index is 4.35. The van der Waals surface area contributed by atoms with Gasteiger partial charge in [0.15, 0.2) is 0 Å². The predicted molar refractivity (Wildman–Crippen MR) is 77.3 cm³/mol. The van der Waals surface area contributed by atoms with Gasteiger partial charge in [-0.05, 0) is 24.3 Å². The van der Waals surface area contributed by atoms with E-state index < -0.39 is 0 Å². The fraction of sp³-hybridized carbons (Fsp3) is 0.571. The molecule has 1 aliphatic heterocycles. The number of fused-ring (bicyclic) bond motifs is 1. The van der Waals surface area contributed by atoms with Crippen molar-refractivity contribution in [2.24, 2.45) is 0 Å². The second-order valence-corrected chi connectivity index (χ2v) is 6.03. The Labute approximate surface area is 117 Å². The second-order valence-electron chi connectivity index (χ2n) is 5.00. The molecular weight excluding hydrogens is 256 g/mol. The van der Waals surface area contributed by atoms with E-state index in [0.717, 1.165) is 38.3 Å². The van der Waals surface area contributed by atoms with Crippen LogP contribution < -0.4 is 5.32 Å². The van der Waals surface area contributed by atoms with Gasteiger partial charge in [0.25, 0.3) is 0 Å². The van der Waals surface area contributed by atoms with Crippen molar-refractivity contribution in [2.45, 2.75) is 45.2 Å². The summed E-state index contributed by atoms with van der Waals surface area (Å²) in [5.74, 6) is 2.33. The van der Waals surface area contributed by atoms with Crippen LogP contribution in [0.25, 0.3) is 0 Å². The van der Waals surface area contributed by atoms with E-state index >= 15 is 0 Å². The van der Waals surface area contributed by atoms with Gasteiger partial charge in [-0.15, -0.1) is 21.5 Å². The van der Waals surface area contributed by atoms with Crippen LogP contribution in [0.3, 0.4) is 0 Å². The van der Waals surface area contributed by atoms with Crippen LogP contribution in [0.2, 0.25) is 0 Å². The number of nitrogens with zero attached hydrogens (tertiary/aromatic N) is 3. The maximum Gasteiger partial charge on any atom is 0.134 e. The molecule has 0 saturated carbocycles. The summed E-state index contributed by atoms with van der Waals surface area (Å²) in [7, 11) is 0. The first kappa shape index (κ1) is 12.8. The second kappa shape index (κ2) is 6.30. The lowest BCUT2D eigenvalue weighted by atomic mass is 10.2. The molecule has 2 aromatic rings. The fourth-order valence-electron chi connectivity index (χ4n) is 2.56. The predicted octanol–water partition coefficient (Wildman–Crippen LogP) is 2.40. The third-order valence-electron chi connectivity index (χ3n) is 3.59. The molecule has 5 heteroatoms. The summed E-state index contributed by atoms with van der Waals surface area (Å²) in [5.41, 5.74) is 0. The Balaban J connectivity index is 1.51. The fourth-order valence-corrected chi connectivity index (χ4v) is 3.23. The van der Waals surface area contributed by atoms with Gasteiger partial charge < -0.3 is 9.88 Å². The van der Waals surface area contributed by atoms with Gasteiger partial charge in [-0.1, -0.05) is 12.5 Å². The molecule has 0 bridgehead atoms. The largest absolute Gasteiger partial charge is 0.315 e. The Bertz CT molecular complexity index is 504. The minimum atomic E-state index is 0.957. The van der Waals surface area contributed by atoms with Crippen molar-refractivity contribution in [3.05, 3.63) is 34.0 Å². The molecule has 0 atom stereocenters. The summed E-state index contributed by atoms with van der Waals surface area (Å²) < 4.78 is 2.33. The quantitative estimate of drug-likeness (QED) is 0.853. The standard InChI is InChI=1S/C14H20N4S/c1-2-6-13-16-17-14(18(13)9-3-1)7-8-15-11-12-5-4-10-19-12/h4-5,10,15H,1-3,6-9,11H2. The van der Waals surface area contributed by atoms with E-state index in [1.54, 1.807) is 11.3 Å². The molecule has 0 amide bonds. The molecule has 1 N–H and O–H groups in total. The van der Waals surface area contributed by atoms with Crippen LogP contribution in [0.15, 0.2) is 17.5 Å². The molecule has 0 unspecified atom stereocenters. The third-order valence-corrected chi connectivity index (χ3v) is 4.47. The molecule has 2 aromatic heterocycles. The van der Waals surface area contributed by atoms with Gasteiger partial charge in [-0.3, -0.25) is 0 Å². The van der Waals surface area contributed by atoms with Gasteiger partial charge in [0.2, 0.25) is 0 Å². The molecule has 0 aliphatic carbocycles. The summed E-state index contributed by atoms with van der Waals surface area (Å²) in [5, 5.41) is 14.3. The highest BCUT2D eigenvalue weighted by Crippen LogP contribution is 2.14. The van der Waals surface area contributed by atoms with Crippen LogP contribution in [0.5, 0.6) is 0 Å². The molecular formula is C14H20N4S. The topological polar surface area (TPSA) is 42.7 Å². The highest BCUT2D eigenvalue weighted by atomic mass is 32.1. The summed E-state index contributed by atoms with van der Waals surface area (Å²) in [6.07, 6.45) is 5.91. The Morgan fingerprint density at radius 2 is 2.26 bits per heavy atom. The Hall–Kier alpha value is -1.20. The molecule has 1 aliphatic rings. The zero-order chi connectivity index (χ0) is 12.9. The summed E-state index contributed by atoms with van der Waals surface area (Å²) in [4.78, 5) is 1.39. The lowest BCUT2D eigenvalue weighted by molar-refractivity contribution is 0.588. The average Bonchev–Trinajstić information content (AvgIpc) is 3.00.